The molecule has 0 N–H and O–H groups in total. The van der Waals surface area contributed by atoms with E-state index in [2.05, 4.69) is 22.9 Å². The van der Waals surface area contributed by atoms with E-state index in [-0.39, 0.29) is 0 Å². The molecule has 0 aliphatic heterocycles. The van der Waals surface area contributed by atoms with Crippen molar-refractivity contribution in [2.45, 2.75) is 32.6 Å². The smallest absolute Gasteiger partial charge is 0.222 e. The highest BCUT2D eigenvalue weighted by atomic mass is 79.9. The highest BCUT2D eigenvalue weighted by Crippen LogP contribution is 2.32. The van der Waals surface area contributed by atoms with Gasteiger partial charge in [-0.15, -0.1) is 0 Å². The number of amides is 1. The molecule has 0 aromatic carbocycles. The Kier molecular flexibility index (Phi) is 4.78. The second-order valence-corrected chi connectivity index (χ2v) is 4.46. The number of rotatable bonds is 6. The van der Waals surface area contributed by atoms with Crippen LogP contribution in [-0.4, -0.2) is 29.2 Å². The van der Waals surface area contributed by atoms with Crippen molar-refractivity contribution in [1.82, 2.24) is 4.90 Å². The highest BCUT2D eigenvalue weighted by molar-refractivity contribution is 9.09. The van der Waals surface area contributed by atoms with Crippen molar-refractivity contribution < 1.29 is 4.79 Å². The van der Waals surface area contributed by atoms with Crippen molar-refractivity contribution in [3.05, 3.63) is 0 Å². The van der Waals surface area contributed by atoms with Crippen LogP contribution in [0.15, 0.2) is 0 Å². The lowest BCUT2D eigenvalue weighted by Gasteiger charge is -2.20. The maximum atomic E-state index is 11.6. The average molecular weight is 248 g/mol. The molecule has 0 unspecified atom stereocenters. The first-order valence-corrected chi connectivity index (χ1v) is 6.23. The second kappa shape index (κ2) is 5.63. The van der Waals surface area contributed by atoms with E-state index in [1.54, 1.807) is 0 Å². The minimum absolute atomic E-state index is 0.353. The van der Waals surface area contributed by atoms with Crippen LogP contribution < -0.4 is 0 Å². The third-order valence-corrected chi connectivity index (χ3v) is 3.02. The Labute approximate surface area is 88.8 Å². The molecule has 0 bridgehead atoms. The molecular weight excluding hydrogens is 230 g/mol. The fourth-order valence-electron chi connectivity index (χ4n) is 1.41. The summed E-state index contributed by atoms with van der Waals surface area (Å²) in [5.41, 5.74) is 0. The van der Waals surface area contributed by atoms with Crippen molar-refractivity contribution in [1.29, 1.82) is 0 Å². The second-order valence-electron chi connectivity index (χ2n) is 3.66. The predicted octanol–water partition coefficient (Wildman–Crippen LogP) is 2.42. The zero-order valence-corrected chi connectivity index (χ0v) is 9.85. The lowest BCUT2D eigenvalue weighted by molar-refractivity contribution is -0.131. The maximum absolute atomic E-state index is 11.6. The summed E-state index contributed by atoms with van der Waals surface area (Å²) >= 11 is 3.38. The molecule has 0 heterocycles. The van der Waals surface area contributed by atoms with Crippen LogP contribution in [0.3, 0.4) is 0 Å². The molecule has 1 fully saturated rings. The largest absolute Gasteiger partial charge is 0.343 e. The zero-order valence-electron chi connectivity index (χ0n) is 8.26. The van der Waals surface area contributed by atoms with Crippen LogP contribution in [0.4, 0.5) is 0 Å². The Hall–Kier alpha value is -0.0500. The molecule has 0 saturated heterocycles. The number of carbonyl (C=O) groups excluding carboxylic acids is 1. The minimum Gasteiger partial charge on any atom is -0.343 e. The number of alkyl halides is 1. The molecule has 0 radical (unpaired) electrons. The van der Waals surface area contributed by atoms with E-state index >= 15 is 0 Å². The van der Waals surface area contributed by atoms with Gasteiger partial charge in [0, 0.05) is 24.8 Å². The van der Waals surface area contributed by atoms with Crippen LogP contribution in [0.25, 0.3) is 0 Å². The van der Waals surface area contributed by atoms with Gasteiger partial charge in [-0.05, 0) is 32.1 Å². The number of nitrogens with zero attached hydrogens (tertiary/aromatic N) is 1. The molecule has 0 aromatic rings. The van der Waals surface area contributed by atoms with Crippen molar-refractivity contribution in [2.24, 2.45) is 5.92 Å². The average Bonchev–Trinajstić information content (AvgIpc) is 2.90. The van der Waals surface area contributed by atoms with Gasteiger partial charge in [0.15, 0.2) is 0 Å². The fourth-order valence-corrected chi connectivity index (χ4v) is 1.66. The van der Waals surface area contributed by atoms with Gasteiger partial charge in [-0.25, -0.2) is 0 Å². The summed E-state index contributed by atoms with van der Waals surface area (Å²) in [5.74, 6) is 1.07. The van der Waals surface area contributed by atoms with Gasteiger partial charge < -0.3 is 4.90 Å². The van der Waals surface area contributed by atoms with Crippen LogP contribution in [-0.2, 0) is 4.79 Å². The SMILES string of the molecule is CCN(CCCBr)C(=O)CC1CC1. The van der Waals surface area contributed by atoms with Gasteiger partial charge in [-0.3, -0.25) is 4.79 Å². The van der Waals surface area contributed by atoms with E-state index < -0.39 is 0 Å². The van der Waals surface area contributed by atoms with Crippen LogP contribution in [0.5, 0.6) is 0 Å². The predicted molar refractivity (Wildman–Crippen MR) is 58.0 cm³/mol. The molecule has 0 aromatic heterocycles. The van der Waals surface area contributed by atoms with Crippen LogP contribution in [0, 0.1) is 5.92 Å². The molecule has 13 heavy (non-hydrogen) atoms. The summed E-state index contributed by atoms with van der Waals surface area (Å²) in [6.45, 7) is 3.82. The summed E-state index contributed by atoms with van der Waals surface area (Å²) in [6, 6.07) is 0. The molecule has 1 saturated carbocycles. The maximum Gasteiger partial charge on any atom is 0.222 e. The summed E-state index contributed by atoms with van der Waals surface area (Å²) in [7, 11) is 0. The molecule has 1 rings (SSSR count). The van der Waals surface area contributed by atoms with Crippen LogP contribution in [0.1, 0.15) is 32.6 Å². The summed E-state index contributed by atoms with van der Waals surface area (Å²) in [5, 5.41) is 0.986. The van der Waals surface area contributed by atoms with E-state index in [9.17, 15) is 4.79 Å². The number of hydrogen-bond donors (Lipinski definition) is 0. The molecular formula is C10H18BrNO. The monoisotopic (exact) mass is 247 g/mol. The fraction of sp³-hybridized carbons (Fsp3) is 0.900. The van der Waals surface area contributed by atoms with Crippen molar-refractivity contribution >= 4 is 21.8 Å². The Morgan fingerprint density at radius 3 is 2.69 bits per heavy atom. The van der Waals surface area contributed by atoms with Crippen molar-refractivity contribution in [3.8, 4) is 0 Å². The zero-order chi connectivity index (χ0) is 9.68. The lowest BCUT2D eigenvalue weighted by atomic mass is 10.2. The first-order chi connectivity index (χ1) is 6.27. The first-order valence-electron chi connectivity index (χ1n) is 5.11. The van der Waals surface area contributed by atoms with Gasteiger partial charge in [-0.1, -0.05) is 15.9 Å². The molecule has 3 heteroatoms. The standard InChI is InChI=1S/C10H18BrNO/c1-2-12(7-3-6-11)10(13)8-9-4-5-9/h9H,2-8H2,1H3. The van der Waals surface area contributed by atoms with Gasteiger partial charge in [0.2, 0.25) is 5.91 Å². The Morgan fingerprint density at radius 2 is 2.23 bits per heavy atom. The molecule has 0 spiro atoms. The van der Waals surface area contributed by atoms with E-state index in [0.717, 1.165) is 31.3 Å². The molecule has 2 nitrogen and oxygen atoms in total. The topological polar surface area (TPSA) is 20.3 Å². The number of halogens is 1. The van der Waals surface area contributed by atoms with Gasteiger partial charge in [-0.2, -0.15) is 0 Å². The van der Waals surface area contributed by atoms with Gasteiger partial charge in [0.1, 0.15) is 0 Å². The molecule has 1 aliphatic rings. The van der Waals surface area contributed by atoms with Gasteiger partial charge in [0.25, 0.3) is 0 Å². The van der Waals surface area contributed by atoms with E-state index in [4.69, 9.17) is 0 Å². The molecule has 1 aliphatic carbocycles. The molecule has 1 amide bonds. The van der Waals surface area contributed by atoms with E-state index in [1.807, 2.05) is 4.90 Å². The molecule has 0 atom stereocenters. The Balaban J connectivity index is 2.21. The summed E-state index contributed by atoms with van der Waals surface area (Å²) < 4.78 is 0. The quantitative estimate of drug-likeness (QED) is 0.661. The highest BCUT2D eigenvalue weighted by Gasteiger charge is 2.26. The summed E-state index contributed by atoms with van der Waals surface area (Å²) in [6.07, 6.45) is 4.38. The Morgan fingerprint density at radius 1 is 1.54 bits per heavy atom. The summed E-state index contributed by atoms with van der Waals surface area (Å²) in [4.78, 5) is 13.6. The number of hydrogen-bond acceptors (Lipinski definition) is 1. The van der Waals surface area contributed by atoms with Crippen LogP contribution >= 0.6 is 15.9 Å². The third kappa shape index (κ3) is 4.12. The number of carbonyl (C=O) groups is 1. The lowest BCUT2D eigenvalue weighted by Crippen LogP contribution is -2.32. The van der Waals surface area contributed by atoms with Crippen LogP contribution in [0.2, 0.25) is 0 Å². The Bertz CT molecular complexity index is 168. The van der Waals surface area contributed by atoms with E-state index in [1.165, 1.54) is 12.8 Å². The third-order valence-electron chi connectivity index (χ3n) is 2.46. The van der Waals surface area contributed by atoms with Crippen molar-refractivity contribution in [3.63, 3.8) is 0 Å². The molecule has 76 valence electrons. The minimum atomic E-state index is 0.353. The van der Waals surface area contributed by atoms with E-state index in [0.29, 0.717) is 11.8 Å². The van der Waals surface area contributed by atoms with Gasteiger partial charge >= 0.3 is 0 Å². The van der Waals surface area contributed by atoms with Gasteiger partial charge in [0.05, 0.1) is 0 Å². The normalized spacial score (nSPS) is 15.8. The first kappa shape index (κ1) is 11.0. The van der Waals surface area contributed by atoms with Crippen molar-refractivity contribution in [2.75, 3.05) is 18.4 Å².